The molecule has 3 heterocycles. The summed E-state index contributed by atoms with van der Waals surface area (Å²) in [4.78, 5) is 14.1. The van der Waals surface area contributed by atoms with E-state index >= 15 is 0 Å². The second-order valence-electron chi connectivity index (χ2n) is 7.62. The number of quaternary nitrogens is 1. The fourth-order valence-corrected chi connectivity index (χ4v) is 5.53. The Labute approximate surface area is 174 Å². The molecule has 0 atom stereocenters. The first-order valence-electron chi connectivity index (χ1n) is 10.5. The zero-order chi connectivity index (χ0) is 19.6. The van der Waals surface area contributed by atoms with Gasteiger partial charge in [-0.1, -0.05) is 12.1 Å². The fourth-order valence-electron chi connectivity index (χ4n) is 4.25. The van der Waals surface area contributed by atoms with Gasteiger partial charge in [0.1, 0.15) is 36.0 Å². The van der Waals surface area contributed by atoms with Crippen molar-refractivity contribution in [1.82, 2.24) is 9.97 Å². The van der Waals surface area contributed by atoms with Crippen molar-refractivity contribution < 1.29 is 14.4 Å². The molecule has 1 aliphatic carbocycles. The molecule has 1 aliphatic heterocycles. The highest BCUT2D eigenvalue weighted by Gasteiger charge is 2.24. The number of aromatic nitrogens is 2. The van der Waals surface area contributed by atoms with Crippen LogP contribution in [-0.2, 0) is 24.1 Å². The van der Waals surface area contributed by atoms with Gasteiger partial charge >= 0.3 is 0 Å². The normalized spacial score (nSPS) is 16.9. The van der Waals surface area contributed by atoms with Crippen LogP contribution < -0.4 is 15.0 Å². The molecular weight excluding hydrogens is 384 g/mol. The molecule has 0 amide bonds. The summed E-state index contributed by atoms with van der Waals surface area (Å²) in [5, 5.41) is 4.79. The van der Waals surface area contributed by atoms with Crippen molar-refractivity contribution in [2.45, 2.75) is 32.7 Å². The number of morpholine rings is 1. The third kappa shape index (κ3) is 3.82. The molecule has 152 valence electrons. The van der Waals surface area contributed by atoms with Gasteiger partial charge in [0.25, 0.3) is 0 Å². The van der Waals surface area contributed by atoms with E-state index < -0.39 is 0 Å². The van der Waals surface area contributed by atoms with Gasteiger partial charge in [0.2, 0.25) is 0 Å². The van der Waals surface area contributed by atoms with Gasteiger partial charge in [-0.15, -0.1) is 11.3 Å². The Balaban J connectivity index is 1.55. The van der Waals surface area contributed by atoms with Gasteiger partial charge < -0.3 is 19.7 Å². The molecule has 2 N–H and O–H groups in total. The van der Waals surface area contributed by atoms with Crippen molar-refractivity contribution in [3.05, 3.63) is 40.5 Å². The second kappa shape index (κ2) is 8.26. The van der Waals surface area contributed by atoms with E-state index in [0.29, 0.717) is 6.61 Å². The van der Waals surface area contributed by atoms with Gasteiger partial charge in [0, 0.05) is 4.88 Å². The van der Waals surface area contributed by atoms with Crippen LogP contribution in [0.15, 0.2) is 24.3 Å². The molecule has 0 bridgehead atoms. The summed E-state index contributed by atoms with van der Waals surface area (Å²) in [6.07, 6.45) is 3.51. The Morgan fingerprint density at radius 1 is 1.17 bits per heavy atom. The number of benzene rings is 1. The average Bonchev–Trinajstić information content (AvgIpc) is 3.31. The molecule has 29 heavy (non-hydrogen) atoms. The largest absolute Gasteiger partial charge is 0.492 e. The predicted octanol–water partition coefficient (Wildman–Crippen LogP) is 2.74. The van der Waals surface area contributed by atoms with Crippen molar-refractivity contribution >= 4 is 33.1 Å². The van der Waals surface area contributed by atoms with E-state index in [1.54, 1.807) is 0 Å². The minimum Gasteiger partial charge on any atom is -0.492 e. The first-order valence-corrected chi connectivity index (χ1v) is 11.3. The summed E-state index contributed by atoms with van der Waals surface area (Å²) in [6, 6.07) is 8.08. The van der Waals surface area contributed by atoms with E-state index in [1.807, 2.05) is 36.5 Å². The first-order chi connectivity index (χ1) is 14.3. The van der Waals surface area contributed by atoms with E-state index in [9.17, 15) is 0 Å². The minimum atomic E-state index is 0.636. The summed E-state index contributed by atoms with van der Waals surface area (Å²) < 4.78 is 11.3. The lowest BCUT2D eigenvalue weighted by molar-refractivity contribution is -0.922. The molecule has 1 fully saturated rings. The van der Waals surface area contributed by atoms with Gasteiger partial charge in [-0.2, -0.15) is 0 Å². The van der Waals surface area contributed by atoms with Crippen LogP contribution in [0.4, 0.5) is 11.5 Å². The number of hydrogen-bond acceptors (Lipinski definition) is 6. The van der Waals surface area contributed by atoms with Crippen molar-refractivity contribution in [3.63, 3.8) is 0 Å². The maximum absolute atomic E-state index is 5.83. The molecule has 2 aromatic heterocycles. The summed E-state index contributed by atoms with van der Waals surface area (Å²) in [5.74, 6) is 2.68. The molecule has 5 rings (SSSR count). The summed E-state index contributed by atoms with van der Waals surface area (Å²) in [6.45, 7) is 7.14. The van der Waals surface area contributed by atoms with Crippen LogP contribution in [0.25, 0.3) is 10.2 Å². The molecule has 0 spiro atoms. The molecule has 2 aliphatic rings. The lowest BCUT2D eigenvalue weighted by Crippen LogP contribution is -3.12. The molecule has 3 aromatic rings. The van der Waals surface area contributed by atoms with Crippen LogP contribution in [-0.4, -0.2) is 42.9 Å². The highest BCUT2D eigenvalue weighted by atomic mass is 32.1. The highest BCUT2D eigenvalue weighted by Crippen LogP contribution is 2.41. The van der Waals surface area contributed by atoms with Crippen LogP contribution in [0, 0.1) is 0 Å². The Hall–Kier alpha value is -2.22. The van der Waals surface area contributed by atoms with Crippen LogP contribution in [0.5, 0.6) is 5.75 Å². The number of nitrogens with one attached hydrogen (secondary N) is 2. The van der Waals surface area contributed by atoms with Crippen LogP contribution in [0.1, 0.15) is 29.6 Å². The zero-order valence-electron chi connectivity index (χ0n) is 16.8. The quantitative estimate of drug-likeness (QED) is 0.653. The van der Waals surface area contributed by atoms with Crippen molar-refractivity contribution in [2.75, 3.05) is 38.2 Å². The maximum atomic E-state index is 5.83. The van der Waals surface area contributed by atoms with Gasteiger partial charge in [-0.05, 0) is 43.9 Å². The Bertz CT molecular complexity index is 1010. The first kappa shape index (κ1) is 18.8. The van der Waals surface area contributed by atoms with E-state index in [-0.39, 0.29) is 0 Å². The highest BCUT2D eigenvalue weighted by molar-refractivity contribution is 7.19. The van der Waals surface area contributed by atoms with Crippen LogP contribution in [0.2, 0.25) is 0 Å². The molecule has 0 saturated carbocycles. The third-order valence-corrected chi connectivity index (χ3v) is 6.84. The zero-order valence-corrected chi connectivity index (χ0v) is 17.6. The Kier molecular flexibility index (Phi) is 5.35. The molecule has 0 unspecified atom stereocenters. The monoisotopic (exact) mass is 411 g/mol. The summed E-state index contributed by atoms with van der Waals surface area (Å²) in [5.41, 5.74) is 2.39. The summed E-state index contributed by atoms with van der Waals surface area (Å²) >= 11 is 1.85. The third-order valence-electron chi connectivity index (χ3n) is 5.66. The maximum Gasteiger partial charge on any atom is 0.187 e. The molecule has 0 radical (unpaired) electrons. The number of anilines is 2. The Morgan fingerprint density at radius 2 is 2.03 bits per heavy atom. The number of nitrogens with zero attached hydrogens (tertiary/aromatic N) is 2. The van der Waals surface area contributed by atoms with E-state index in [1.165, 1.54) is 27.1 Å². The topological polar surface area (TPSA) is 60.7 Å². The molecule has 1 aromatic carbocycles. The number of aryl methyl sites for hydroxylation is 2. The van der Waals surface area contributed by atoms with E-state index in [0.717, 1.165) is 73.6 Å². The fraction of sp³-hybridized carbons (Fsp3) is 0.455. The standard InChI is InChI=1S/C22H26N4O2S/c1-2-28-17-8-4-3-7-16(17)23-21-20-15-6-5-9-18(15)29-22(20)25-19(24-21)14-26-10-12-27-13-11-26/h3-4,7-8H,2,5-6,9-14H2,1H3,(H,23,24,25)/p+1. The number of rotatable bonds is 6. The van der Waals surface area contributed by atoms with Crippen molar-refractivity contribution in [3.8, 4) is 5.75 Å². The minimum absolute atomic E-state index is 0.636. The van der Waals surface area contributed by atoms with Crippen LogP contribution in [0.3, 0.4) is 0 Å². The second-order valence-corrected chi connectivity index (χ2v) is 8.70. The van der Waals surface area contributed by atoms with Gasteiger partial charge in [0.15, 0.2) is 5.82 Å². The van der Waals surface area contributed by atoms with E-state index in [2.05, 4.69) is 11.4 Å². The number of ether oxygens (including phenoxy) is 2. The van der Waals surface area contributed by atoms with Crippen molar-refractivity contribution in [2.24, 2.45) is 0 Å². The number of fused-ring (bicyclic) bond motifs is 3. The molecular formula is C22H27N4O2S+. The number of hydrogen-bond donors (Lipinski definition) is 2. The van der Waals surface area contributed by atoms with Gasteiger partial charge in [-0.3, -0.25) is 0 Å². The Morgan fingerprint density at radius 3 is 2.90 bits per heavy atom. The van der Waals surface area contributed by atoms with E-state index in [4.69, 9.17) is 19.4 Å². The number of thiophene rings is 1. The molecule has 7 heteroatoms. The molecule has 1 saturated heterocycles. The predicted molar refractivity (Wildman–Crippen MR) is 116 cm³/mol. The van der Waals surface area contributed by atoms with Gasteiger partial charge in [0.05, 0.1) is 30.9 Å². The summed E-state index contributed by atoms with van der Waals surface area (Å²) in [7, 11) is 0. The number of para-hydroxylation sites is 2. The lowest BCUT2D eigenvalue weighted by Gasteiger charge is -2.23. The lowest BCUT2D eigenvalue weighted by atomic mass is 10.2. The van der Waals surface area contributed by atoms with Gasteiger partial charge in [-0.25, -0.2) is 9.97 Å². The van der Waals surface area contributed by atoms with Crippen LogP contribution >= 0.6 is 11.3 Å². The average molecular weight is 412 g/mol. The smallest absolute Gasteiger partial charge is 0.187 e. The van der Waals surface area contributed by atoms with Crippen molar-refractivity contribution in [1.29, 1.82) is 0 Å². The SMILES string of the molecule is CCOc1ccccc1Nc1nc(C[NH+]2CCOCC2)nc2sc3c(c12)CCC3. The molecule has 6 nitrogen and oxygen atoms in total.